The van der Waals surface area contributed by atoms with Crippen molar-refractivity contribution >= 4 is 5.97 Å². The highest BCUT2D eigenvalue weighted by molar-refractivity contribution is 5.88. The van der Waals surface area contributed by atoms with E-state index in [-0.39, 0.29) is 5.56 Å². The molecule has 2 heterocycles. The summed E-state index contributed by atoms with van der Waals surface area (Å²) in [7, 11) is 0. The molecule has 0 amide bonds. The van der Waals surface area contributed by atoms with E-state index in [1.165, 1.54) is 6.07 Å². The number of rotatable bonds is 5. The Labute approximate surface area is 117 Å². The Morgan fingerprint density at radius 3 is 2.90 bits per heavy atom. The van der Waals surface area contributed by atoms with Crippen LogP contribution in [0.4, 0.5) is 0 Å². The van der Waals surface area contributed by atoms with Crippen LogP contribution < -0.4 is 4.74 Å². The molecular weight excluding hydrogens is 258 g/mol. The molecule has 0 radical (unpaired) electrons. The number of hydrogen-bond acceptors (Lipinski definition) is 4. The molecule has 5 heteroatoms. The van der Waals surface area contributed by atoms with Crippen LogP contribution in [0.15, 0.2) is 12.1 Å². The lowest BCUT2D eigenvalue weighted by molar-refractivity contribution is 0.0343. The lowest BCUT2D eigenvalue weighted by Gasteiger charge is -2.22. The summed E-state index contributed by atoms with van der Waals surface area (Å²) in [5, 5.41) is 9.15. The molecule has 1 aromatic heterocycles. The number of nitrogens with zero attached hydrogens (tertiary/aromatic N) is 1. The van der Waals surface area contributed by atoms with Crippen molar-refractivity contribution in [2.45, 2.75) is 31.6 Å². The Balaban J connectivity index is 1.69. The van der Waals surface area contributed by atoms with E-state index in [9.17, 15) is 4.79 Å². The molecule has 3 rings (SSSR count). The molecule has 1 saturated heterocycles. The maximum atomic E-state index is 11.2. The third kappa shape index (κ3) is 3.28. The number of ether oxygens (including phenoxy) is 2. The van der Waals surface area contributed by atoms with Gasteiger partial charge in [0.25, 0.3) is 0 Å². The van der Waals surface area contributed by atoms with Gasteiger partial charge in [-0.05, 0) is 31.7 Å². The van der Waals surface area contributed by atoms with Crippen LogP contribution in [0.1, 0.15) is 47.7 Å². The van der Waals surface area contributed by atoms with Crippen molar-refractivity contribution in [2.24, 2.45) is 5.92 Å². The second-order valence-electron chi connectivity index (χ2n) is 5.59. The largest absolute Gasteiger partial charge is 0.478 e. The fourth-order valence-corrected chi connectivity index (χ4v) is 2.45. The summed E-state index contributed by atoms with van der Waals surface area (Å²) in [6.07, 6.45) is 4.33. The van der Waals surface area contributed by atoms with Crippen molar-refractivity contribution in [3.63, 3.8) is 0 Å². The van der Waals surface area contributed by atoms with Gasteiger partial charge in [0.15, 0.2) is 0 Å². The van der Waals surface area contributed by atoms with Gasteiger partial charge in [0.05, 0.1) is 18.8 Å². The molecule has 0 aromatic carbocycles. The predicted octanol–water partition coefficient (Wildman–Crippen LogP) is 2.46. The summed E-state index contributed by atoms with van der Waals surface area (Å²) in [6.45, 7) is 2.09. The van der Waals surface area contributed by atoms with E-state index in [4.69, 9.17) is 14.6 Å². The van der Waals surface area contributed by atoms with E-state index in [1.807, 2.05) is 0 Å². The number of carbonyl (C=O) groups is 1. The number of carboxylic acids is 1. The molecule has 0 bridgehead atoms. The third-order valence-corrected chi connectivity index (χ3v) is 3.79. The van der Waals surface area contributed by atoms with Gasteiger partial charge in [-0.25, -0.2) is 9.78 Å². The average Bonchev–Trinajstić information content (AvgIpc) is 3.30. The zero-order valence-corrected chi connectivity index (χ0v) is 11.4. The van der Waals surface area contributed by atoms with E-state index in [0.29, 0.717) is 30.9 Å². The van der Waals surface area contributed by atoms with Crippen LogP contribution >= 0.6 is 0 Å². The Kier molecular flexibility index (Phi) is 3.87. The van der Waals surface area contributed by atoms with Crippen LogP contribution in [-0.2, 0) is 4.74 Å². The van der Waals surface area contributed by atoms with Gasteiger partial charge in [0.1, 0.15) is 0 Å². The van der Waals surface area contributed by atoms with Crippen LogP contribution in [0.5, 0.6) is 5.88 Å². The van der Waals surface area contributed by atoms with E-state index in [1.54, 1.807) is 6.07 Å². The average molecular weight is 277 g/mol. The summed E-state index contributed by atoms with van der Waals surface area (Å²) in [5.41, 5.74) is 1.11. The fraction of sp³-hybridized carbons (Fsp3) is 0.600. The standard InChI is InChI=1S/C15H19NO4/c17-15(18)12-6-13(11-3-4-11)16-14(7-12)20-9-10-2-1-5-19-8-10/h6-7,10-11H,1-5,8-9H2,(H,17,18)/t10-/m0/s1. The Hall–Kier alpha value is -1.62. The first-order chi connectivity index (χ1) is 9.72. The quantitative estimate of drug-likeness (QED) is 0.895. The number of aromatic carboxylic acids is 1. The molecule has 1 aromatic rings. The zero-order chi connectivity index (χ0) is 13.9. The molecule has 2 fully saturated rings. The molecule has 108 valence electrons. The van der Waals surface area contributed by atoms with Gasteiger partial charge in [-0.15, -0.1) is 0 Å². The molecule has 1 N–H and O–H groups in total. The molecule has 1 saturated carbocycles. The summed E-state index contributed by atoms with van der Waals surface area (Å²) in [6, 6.07) is 3.18. The number of hydrogen-bond donors (Lipinski definition) is 1. The smallest absolute Gasteiger partial charge is 0.335 e. The van der Waals surface area contributed by atoms with Crippen molar-refractivity contribution in [2.75, 3.05) is 19.8 Å². The van der Waals surface area contributed by atoms with Crippen molar-refractivity contribution in [3.8, 4) is 5.88 Å². The number of aromatic nitrogens is 1. The molecule has 0 spiro atoms. The van der Waals surface area contributed by atoms with Crippen LogP contribution in [0.2, 0.25) is 0 Å². The van der Waals surface area contributed by atoms with E-state index < -0.39 is 5.97 Å². The molecule has 1 atom stereocenters. The topological polar surface area (TPSA) is 68.7 Å². The molecule has 2 aliphatic rings. The van der Waals surface area contributed by atoms with Crippen LogP contribution in [0.3, 0.4) is 0 Å². The number of carboxylic acid groups (broad SMARTS) is 1. The van der Waals surface area contributed by atoms with Crippen LogP contribution in [0, 0.1) is 5.92 Å². The Morgan fingerprint density at radius 2 is 2.25 bits per heavy atom. The molecule has 5 nitrogen and oxygen atoms in total. The second kappa shape index (κ2) is 5.79. The molecule has 20 heavy (non-hydrogen) atoms. The SMILES string of the molecule is O=C(O)c1cc(OC[C@H]2CCCOC2)nc(C2CC2)c1. The predicted molar refractivity (Wildman–Crippen MR) is 72.2 cm³/mol. The molecule has 0 unspecified atom stereocenters. The Bertz CT molecular complexity index is 493. The molecule has 1 aliphatic carbocycles. The van der Waals surface area contributed by atoms with E-state index >= 15 is 0 Å². The monoisotopic (exact) mass is 277 g/mol. The minimum Gasteiger partial charge on any atom is -0.478 e. The van der Waals surface area contributed by atoms with Gasteiger partial charge in [-0.3, -0.25) is 0 Å². The zero-order valence-electron chi connectivity index (χ0n) is 11.4. The van der Waals surface area contributed by atoms with Gasteiger partial charge in [-0.1, -0.05) is 0 Å². The lowest BCUT2D eigenvalue weighted by Crippen LogP contribution is -2.23. The van der Waals surface area contributed by atoms with Crippen molar-refractivity contribution in [3.05, 3.63) is 23.4 Å². The second-order valence-corrected chi connectivity index (χ2v) is 5.59. The summed E-state index contributed by atoms with van der Waals surface area (Å²) in [4.78, 5) is 15.6. The van der Waals surface area contributed by atoms with Crippen molar-refractivity contribution < 1.29 is 19.4 Å². The number of pyridine rings is 1. The van der Waals surface area contributed by atoms with Crippen molar-refractivity contribution in [1.29, 1.82) is 0 Å². The minimum atomic E-state index is -0.930. The highest BCUT2D eigenvalue weighted by Crippen LogP contribution is 2.40. The Morgan fingerprint density at radius 1 is 1.40 bits per heavy atom. The summed E-state index contributed by atoms with van der Waals surface area (Å²) < 4.78 is 11.1. The van der Waals surface area contributed by atoms with E-state index in [0.717, 1.165) is 38.0 Å². The van der Waals surface area contributed by atoms with Gasteiger partial charge >= 0.3 is 5.97 Å². The third-order valence-electron chi connectivity index (χ3n) is 3.79. The normalized spacial score (nSPS) is 22.5. The van der Waals surface area contributed by atoms with Gasteiger partial charge in [0, 0.05) is 30.2 Å². The maximum absolute atomic E-state index is 11.2. The van der Waals surface area contributed by atoms with Crippen LogP contribution in [0.25, 0.3) is 0 Å². The maximum Gasteiger partial charge on any atom is 0.335 e. The lowest BCUT2D eigenvalue weighted by atomic mass is 10.0. The van der Waals surface area contributed by atoms with Gasteiger partial charge < -0.3 is 14.6 Å². The highest BCUT2D eigenvalue weighted by Gasteiger charge is 2.27. The first-order valence-corrected chi connectivity index (χ1v) is 7.18. The van der Waals surface area contributed by atoms with Crippen molar-refractivity contribution in [1.82, 2.24) is 4.98 Å². The van der Waals surface area contributed by atoms with E-state index in [2.05, 4.69) is 4.98 Å². The van der Waals surface area contributed by atoms with Crippen LogP contribution in [-0.4, -0.2) is 35.9 Å². The first kappa shape index (κ1) is 13.4. The first-order valence-electron chi connectivity index (χ1n) is 7.18. The molecular formula is C15H19NO4. The molecule has 1 aliphatic heterocycles. The fourth-order valence-electron chi connectivity index (χ4n) is 2.45. The highest BCUT2D eigenvalue weighted by atomic mass is 16.5. The minimum absolute atomic E-state index is 0.261. The van der Waals surface area contributed by atoms with Gasteiger partial charge in [0.2, 0.25) is 5.88 Å². The summed E-state index contributed by atoms with van der Waals surface area (Å²) >= 11 is 0. The van der Waals surface area contributed by atoms with Gasteiger partial charge in [-0.2, -0.15) is 0 Å². The summed E-state index contributed by atoms with van der Waals surface area (Å²) in [5.74, 6) is 0.288.